The van der Waals surface area contributed by atoms with Crippen LogP contribution in [-0.2, 0) is 20.8 Å². The molecule has 0 heterocycles. The molecule has 0 bridgehead atoms. The van der Waals surface area contributed by atoms with Gasteiger partial charge in [0, 0.05) is 18.5 Å². The SMILES string of the molecule is Cc1ccc(NC(=O)CCC(=O)NNC(=O)Cc2ccccc2)c(C)c1. The Bertz CT molecular complexity index is 788. The lowest BCUT2D eigenvalue weighted by atomic mass is 10.1. The smallest absolute Gasteiger partial charge is 0.242 e. The Morgan fingerprint density at radius 2 is 1.46 bits per heavy atom. The van der Waals surface area contributed by atoms with Crippen molar-refractivity contribution in [1.82, 2.24) is 10.9 Å². The van der Waals surface area contributed by atoms with Crippen molar-refractivity contribution in [3.05, 3.63) is 65.2 Å². The minimum Gasteiger partial charge on any atom is -0.326 e. The summed E-state index contributed by atoms with van der Waals surface area (Å²) in [5.41, 5.74) is 8.34. The average molecular weight is 353 g/mol. The number of carbonyl (C=O) groups excluding carboxylic acids is 3. The number of hydrazine groups is 1. The summed E-state index contributed by atoms with van der Waals surface area (Å²) in [6.45, 7) is 3.90. The lowest BCUT2D eigenvalue weighted by Gasteiger charge is -2.10. The second kappa shape index (κ2) is 9.36. The van der Waals surface area contributed by atoms with E-state index in [1.54, 1.807) is 0 Å². The Morgan fingerprint density at radius 1 is 0.808 bits per heavy atom. The zero-order valence-corrected chi connectivity index (χ0v) is 15.0. The Balaban J connectivity index is 1.69. The number of hydrogen-bond acceptors (Lipinski definition) is 3. The van der Waals surface area contributed by atoms with Gasteiger partial charge < -0.3 is 5.32 Å². The van der Waals surface area contributed by atoms with E-state index in [1.807, 2.05) is 62.4 Å². The van der Waals surface area contributed by atoms with Crippen LogP contribution in [0.25, 0.3) is 0 Å². The van der Waals surface area contributed by atoms with Crippen molar-refractivity contribution in [2.75, 3.05) is 5.32 Å². The molecule has 6 heteroatoms. The molecule has 0 saturated carbocycles. The Hall–Kier alpha value is -3.15. The molecule has 3 amide bonds. The zero-order valence-electron chi connectivity index (χ0n) is 15.0. The van der Waals surface area contributed by atoms with E-state index in [-0.39, 0.29) is 31.1 Å². The molecule has 0 saturated heterocycles. The predicted octanol–water partition coefficient (Wildman–Crippen LogP) is 2.41. The van der Waals surface area contributed by atoms with Crippen LogP contribution >= 0.6 is 0 Å². The van der Waals surface area contributed by atoms with Crippen LogP contribution in [0.5, 0.6) is 0 Å². The van der Waals surface area contributed by atoms with E-state index in [0.29, 0.717) is 0 Å². The fourth-order valence-corrected chi connectivity index (χ4v) is 2.42. The van der Waals surface area contributed by atoms with E-state index in [2.05, 4.69) is 16.2 Å². The standard InChI is InChI=1S/C20H23N3O3/c1-14-8-9-17(15(2)12-14)21-18(24)10-11-19(25)22-23-20(26)13-16-6-4-3-5-7-16/h3-9,12H,10-11,13H2,1-2H3,(H,21,24)(H,22,25)(H,23,26). The van der Waals surface area contributed by atoms with Crippen LogP contribution in [0, 0.1) is 13.8 Å². The van der Waals surface area contributed by atoms with Crippen LogP contribution in [0.4, 0.5) is 5.69 Å². The maximum Gasteiger partial charge on any atom is 0.242 e. The minimum absolute atomic E-state index is 0.0115. The summed E-state index contributed by atoms with van der Waals surface area (Å²) in [6.07, 6.45) is 0.199. The van der Waals surface area contributed by atoms with Crippen molar-refractivity contribution in [3.8, 4) is 0 Å². The first-order valence-corrected chi connectivity index (χ1v) is 8.43. The summed E-state index contributed by atoms with van der Waals surface area (Å²) in [5.74, 6) is -0.978. The van der Waals surface area contributed by atoms with Crippen LogP contribution < -0.4 is 16.2 Å². The molecule has 6 nitrogen and oxygen atoms in total. The van der Waals surface area contributed by atoms with Crippen LogP contribution in [0.3, 0.4) is 0 Å². The number of aryl methyl sites for hydroxylation is 2. The first kappa shape index (κ1) is 19.2. The van der Waals surface area contributed by atoms with Gasteiger partial charge in [-0.1, -0.05) is 48.0 Å². The maximum absolute atomic E-state index is 12.0. The topological polar surface area (TPSA) is 87.3 Å². The summed E-state index contributed by atoms with van der Waals surface area (Å²) in [7, 11) is 0. The molecule has 0 unspecified atom stereocenters. The zero-order chi connectivity index (χ0) is 18.9. The van der Waals surface area contributed by atoms with Crippen LogP contribution in [-0.4, -0.2) is 17.7 Å². The largest absolute Gasteiger partial charge is 0.326 e. The molecular formula is C20H23N3O3. The van der Waals surface area contributed by atoms with Crippen molar-refractivity contribution in [2.24, 2.45) is 0 Å². The molecular weight excluding hydrogens is 330 g/mol. The van der Waals surface area contributed by atoms with Crippen LogP contribution in [0.15, 0.2) is 48.5 Å². The Kier molecular flexibility index (Phi) is 6.91. The van der Waals surface area contributed by atoms with E-state index in [9.17, 15) is 14.4 Å². The molecule has 0 spiro atoms. The Labute approximate surface area is 153 Å². The van der Waals surface area contributed by atoms with Gasteiger partial charge >= 0.3 is 0 Å². The van der Waals surface area contributed by atoms with Gasteiger partial charge in [-0.15, -0.1) is 0 Å². The summed E-state index contributed by atoms with van der Waals surface area (Å²) in [5, 5.41) is 2.78. The molecule has 136 valence electrons. The molecule has 0 radical (unpaired) electrons. The molecule has 0 atom stereocenters. The molecule has 26 heavy (non-hydrogen) atoms. The summed E-state index contributed by atoms with van der Waals surface area (Å²) >= 11 is 0. The highest BCUT2D eigenvalue weighted by atomic mass is 16.2. The van der Waals surface area contributed by atoms with Crippen molar-refractivity contribution >= 4 is 23.4 Å². The van der Waals surface area contributed by atoms with Crippen molar-refractivity contribution in [2.45, 2.75) is 33.1 Å². The number of hydrogen-bond donors (Lipinski definition) is 3. The molecule has 0 aromatic heterocycles. The van der Waals surface area contributed by atoms with Crippen molar-refractivity contribution < 1.29 is 14.4 Å². The van der Waals surface area contributed by atoms with Crippen molar-refractivity contribution in [1.29, 1.82) is 0 Å². The third-order valence-electron chi connectivity index (χ3n) is 3.78. The second-order valence-corrected chi connectivity index (χ2v) is 6.13. The molecule has 2 aromatic carbocycles. The number of amides is 3. The van der Waals surface area contributed by atoms with Crippen molar-refractivity contribution in [3.63, 3.8) is 0 Å². The normalized spacial score (nSPS) is 10.1. The maximum atomic E-state index is 12.0. The third kappa shape index (κ3) is 6.39. The monoisotopic (exact) mass is 353 g/mol. The van der Waals surface area contributed by atoms with Gasteiger partial charge in [-0.3, -0.25) is 25.2 Å². The number of anilines is 1. The van der Waals surface area contributed by atoms with E-state index < -0.39 is 5.91 Å². The van der Waals surface area contributed by atoms with E-state index in [0.717, 1.165) is 22.4 Å². The molecule has 0 aliphatic carbocycles. The van der Waals surface area contributed by atoms with Crippen LogP contribution in [0.2, 0.25) is 0 Å². The summed E-state index contributed by atoms with van der Waals surface area (Å²) < 4.78 is 0. The van der Waals surface area contributed by atoms with Gasteiger partial charge in [0.15, 0.2) is 0 Å². The number of benzene rings is 2. The van der Waals surface area contributed by atoms with Gasteiger partial charge in [0.2, 0.25) is 17.7 Å². The number of carbonyl (C=O) groups is 3. The first-order chi connectivity index (χ1) is 12.4. The fourth-order valence-electron chi connectivity index (χ4n) is 2.42. The number of nitrogens with one attached hydrogen (secondary N) is 3. The van der Waals surface area contributed by atoms with Gasteiger partial charge in [-0.2, -0.15) is 0 Å². The van der Waals surface area contributed by atoms with E-state index in [1.165, 1.54) is 0 Å². The molecule has 0 fully saturated rings. The lowest BCUT2D eigenvalue weighted by molar-refractivity contribution is -0.129. The lowest BCUT2D eigenvalue weighted by Crippen LogP contribution is -2.42. The second-order valence-electron chi connectivity index (χ2n) is 6.13. The molecule has 2 aromatic rings. The molecule has 2 rings (SSSR count). The summed E-state index contributed by atoms with van der Waals surface area (Å²) in [6, 6.07) is 14.9. The summed E-state index contributed by atoms with van der Waals surface area (Å²) in [4.78, 5) is 35.5. The van der Waals surface area contributed by atoms with Gasteiger partial charge in [-0.05, 0) is 31.0 Å². The fraction of sp³-hybridized carbons (Fsp3) is 0.250. The molecule has 0 aliphatic heterocycles. The third-order valence-corrected chi connectivity index (χ3v) is 3.78. The van der Waals surface area contributed by atoms with E-state index >= 15 is 0 Å². The van der Waals surface area contributed by atoms with E-state index in [4.69, 9.17) is 0 Å². The highest BCUT2D eigenvalue weighted by Gasteiger charge is 2.10. The van der Waals surface area contributed by atoms with Gasteiger partial charge in [-0.25, -0.2) is 0 Å². The highest BCUT2D eigenvalue weighted by molar-refractivity contribution is 5.94. The van der Waals surface area contributed by atoms with Gasteiger partial charge in [0.1, 0.15) is 0 Å². The van der Waals surface area contributed by atoms with Gasteiger partial charge in [0.25, 0.3) is 0 Å². The van der Waals surface area contributed by atoms with Crippen LogP contribution in [0.1, 0.15) is 29.5 Å². The van der Waals surface area contributed by atoms with Gasteiger partial charge in [0.05, 0.1) is 6.42 Å². The predicted molar refractivity (Wildman–Crippen MR) is 100 cm³/mol. The molecule has 0 aliphatic rings. The minimum atomic E-state index is -0.415. The number of rotatable bonds is 6. The quantitative estimate of drug-likeness (QED) is 0.697. The molecule has 3 N–H and O–H groups in total. The Morgan fingerprint density at radius 3 is 2.15 bits per heavy atom. The first-order valence-electron chi connectivity index (χ1n) is 8.43. The average Bonchev–Trinajstić information content (AvgIpc) is 2.61. The highest BCUT2D eigenvalue weighted by Crippen LogP contribution is 2.16.